The monoisotopic (exact) mass is 593 g/mol. The van der Waals surface area contributed by atoms with Crippen molar-refractivity contribution in [2.75, 3.05) is 18.4 Å². The molecule has 4 rings (SSSR count). The number of rotatable bonds is 8. The smallest absolute Gasteiger partial charge is 0.326 e. The first kappa shape index (κ1) is 27.6. The van der Waals surface area contributed by atoms with E-state index < -0.39 is 21.9 Å². The molecule has 1 amide bonds. The molecule has 0 radical (unpaired) electrons. The number of amides is 1. The second-order valence-corrected chi connectivity index (χ2v) is 11.2. The molecule has 0 saturated carbocycles. The number of aromatic nitrogens is 1. The number of methoxy groups -OCH3 is 1. The molecule has 3 aromatic carbocycles. The van der Waals surface area contributed by atoms with Gasteiger partial charge in [-0.25, -0.2) is 8.42 Å². The highest BCUT2D eigenvalue weighted by molar-refractivity contribution is 7.92. The van der Waals surface area contributed by atoms with E-state index in [2.05, 4.69) is 9.71 Å². The van der Waals surface area contributed by atoms with E-state index in [0.717, 1.165) is 11.3 Å². The normalized spacial score (nSPS) is 11.9. The molecule has 0 bridgehead atoms. The number of anilines is 1. The summed E-state index contributed by atoms with van der Waals surface area (Å²) in [5, 5.41) is 0.738. The van der Waals surface area contributed by atoms with Crippen LogP contribution in [-0.4, -0.2) is 38.6 Å². The molecule has 0 atom stereocenters. The molecule has 9 nitrogen and oxygen atoms in total. The van der Waals surface area contributed by atoms with Crippen LogP contribution in [0.4, 0.5) is 5.69 Å². The lowest BCUT2D eigenvalue weighted by Crippen LogP contribution is -2.23. The molecule has 198 valence electrons. The summed E-state index contributed by atoms with van der Waals surface area (Å²) in [6, 6.07) is 14.9. The molecule has 1 heterocycles. The van der Waals surface area contributed by atoms with Crippen molar-refractivity contribution in [1.29, 1.82) is 0 Å². The second-order valence-electron chi connectivity index (χ2n) is 7.76. The van der Waals surface area contributed by atoms with Crippen LogP contribution in [0.1, 0.15) is 17.3 Å². The standard InChI is InChI=1S/C25H21Cl2N3O6S2/c1-3-36-21(31)14-30-22-19(26)12-13-20(27)23(22)37-25(30)28-24(32)15-4-6-16(7-5-15)29-38(33,34)18-10-8-17(35-2)9-11-18/h4-13,29H,3,14H2,1-2H3. The van der Waals surface area contributed by atoms with E-state index >= 15 is 0 Å². The van der Waals surface area contributed by atoms with Crippen LogP contribution >= 0.6 is 34.5 Å². The van der Waals surface area contributed by atoms with Crippen molar-refractivity contribution in [2.24, 2.45) is 4.99 Å². The minimum absolute atomic E-state index is 0.0571. The maximum absolute atomic E-state index is 13.0. The van der Waals surface area contributed by atoms with Crippen molar-refractivity contribution in [1.82, 2.24) is 4.57 Å². The number of halogens is 2. The Balaban J connectivity index is 1.63. The molecule has 0 spiro atoms. The number of benzene rings is 3. The van der Waals surface area contributed by atoms with Gasteiger partial charge >= 0.3 is 5.97 Å². The summed E-state index contributed by atoms with van der Waals surface area (Å²) < 4.78 is 40.0. The first-order valence-corrected chi connectivity index (χ1v) is 14.2. The Morgan fingerprint density at radius 3 is 2.29 bits per heavy atom. The van der Waals surface area contributed by atoms with E-state index in [4.69, 9.17) is 32.7 Å². The Kier molecular flexibility index (Phi) is 8.41. The van der Waals surface area contributed by atoms with Gasteiger partial charge in [-0.1, -0.05) is 34.5 Å². The highest BCUT2D eigenvalue weighted by Crippen LogP contribution is 2.32. The average molecular weight is 594 g/mol. The number of esters is 1. The molecule has 13 heteroatoms. The van der Waals surface area contributed by atoms with Crippen LogP contribution in [0.5, 0.6) is 5.75 Å². The lowest BCUT2D eigenvalue weighted by molar-refractivity contribution is -0.143. The molecule has 1 aromatic heterocycles. The lowest BCUT2D eigenvalue weighted by atomic mass is 10.2. The van der Waals surface area contributed by atoms with Crippen molar-refractivity contribution in [3.05, 3.63) is 81.1 Å². The van der Waals surface area contributed by atoms with Gasteiger partial charge in [-0.3, -0.25) is 14.3 Å². The molecule has 38 heavy (non-hydrogen) atoms. The Hall–Kier alpha value is -3.38. The van der Waals surface area contributed by atoms with Gasteiger partial charge in [0.15, 0.2) is 4.80 Å². The summed E-state index contributed by atoms with van der Waals surface area (Å²) in [7, 11) is -2.36. The molecule has 0 unspecified atom stereocenters. The number of hydrogen-bond acceptors (Lipinski definition) is 7. The van der Waals surface area contributed by atoms with Crippen LogP contribution in [0.2, 0.25) is 10.0 Å². The summed E-state index contributed by atoms with van der Waals surface area (Å²) >= 11 is 13.8. The zero-order valence-corrected chi connectivity index (χ0v) is 23.2. The quantitative estimate of drug-likeness (QED) is 0.283. The van der Waals surface area contributed by atoms with Gasteiger partial charge < -0.3 is 14.0 Å². The predicted molar refractivity (Wildman–Crippen MR) is 147 cm³/mol. The van der Waals surface area contributed by atoms with Gasteiger partial charge in [0.1, 0.15) is 12.3 Å². The number of hydrogen-bond donors (Lipinski definition) is 1. The third-order valence-electron chi connectivity index (χ3n) is 5.27. The van der Waals surface area contributed by atoms with E-state index in [0.29, 0.717) is 26.0 Å². The molecular formula is C25H21Cl2N3O6S2. The third-order valence-corrected chi connectivity index (χ3v) is 8.51. The van der Waals surface area contributed by atoms with Gasteiger partial charge in [0.25, 0.3) is 15.9 Å². The van der Waals surface area contributed by atoms with Crippen molar-refractivity contribution in [3.8, 4) is 5.75 Å². The van der Waals surface area contributed by atoms with Crippen molar-refractivity contribution >= 4 is 72.3 Å². The van der Waals surface area contributed by atoms with Gasteiger partial charge in [0.05, 0.1) is 38.9 Å². The average Bonchev–Trinajstić information content (AvgIpc) is 3.25. The van der Waals surface area contributed by atoms with E-state index in [1.165, 1.54) is 48.1 Å². The third kappa shape index (κ3) is 6.02. The number of nitrogens with one attached hydrogen (secondary N) is 1. The van der Waals surface area contributed by atoms with Gasteiger partial charge in [-0.15, -0.1) is 0 Å². The molecule has 1 N–H and O–H groups in total. The fraction of sp³-hybridized carbons (Fsp3) is 0.160. The van der Waals surface area contributed by atoms with E-state index in [1.54, 1.807) is 31.2 Å². The first-order valence-electron chi connectivity index (χ1n) is 11.1. The lowest BCUT2D eigenvalue weighted by Gasteiger charge is -2.09. The fourth-order valence-corrected chi connectivity index (χ4v) is 6.18. The Morgan fingerprint density at radius 1 is 1.00 bits per heavy atom. The van der Waals surface area contributed by atoms with Crippen LogP contribution in [-0.2, 0) is 26.1 Å². The minimum atomic E-state index is -3.85. The molecule has 0 aliphatic rings. The number of thiazole rings is 1. The van der Waals surface area contributed by atoms with Gasteiger partial charge in [0.2, 0.25) is 0 Å². The Labute approximate surface area is 232 Å². The number of nitrogens with zero attached hydrogens (tertiary/aromatic N) is 2. The van der Waals surface area contributed by atoms with Crippen LogP contribution in [0.25, 0.3) is 10.2 Å². The van der Waals surface area contributed by atoms with Gasteiger partial charge in [-0.2, -0.15) is 4.99 Å². The number of carbonyl (C=O) groups excluding carboxylic acids is 2. The van der Waals surface area contributed by atoms with E-state index in [-0.39, 0.29) is 34.1 Å². The molecule has 0 aliphatic heterocycles. The minimum Gasteiger partial charge on any atom is -0.497 e. The number of ether oxygens (including phenoxy) is 2. The largest absolute Gasteiger partial charge is 0.497 e. The van der Waals surface area contributed by atoms with Gasteiger partial charge in [0, 0.05) is 11.3 Å². The van der Waals surface area contributed by atoms with Crippen molar-refractivity contribution in [3.63, 3.8) is 0 Å². The zero-order chi connectivity index (χ0) is 27.4. The molecule has 0 saturated heterocycles. The van der Waals surface area contributed by atoms with E-state index in [1.807, 2.05) is 0 Å². The van der Waals surface area contributed by atoms with E-state index in [9.17, 15) is 18.0 Å². The summed E-state index contributed by atoms with van der Waals surface area (Å²) in [5.74, 6) is -0.598. The van der Waals surface area contributed by atoms with Gasteiger partial charge in [-0.05, 0) is 67.6 Å². The number of sulfonamides is 1. The highest BCUT2D eigenvalue weighted by Gasteiger charge is 2.18. The maximum atomic E-state index is 13.0. The van der Waals surface area contributed by atoms with Crippen molar-refractivity contribution in [2.45, 2.75) is 18.4 Å². The Bertz CT molecular complexity index is 1680. The highest BCUT2D eigenvalue weighted by atomic mass is 35.5. The summed E-state index contributed by atoms with van der Waals surface area (Å²) in [6.45, 7) is 1.66. The molecule has 4 aromatic rings. The van der Waals surface area contributed by atoms with Crippen LogP contribution in [0.15, 0.2) is 70.6 Å². The SMILES string of the molecule is CCOC(=O)Cn1c(=NC(=O)c2ccc(NS(=O)(=O)c3ccc(OC)cc3)cc2)sc2c(Cl)ccc(Cl)c21. The number of fused-ring (bicyclic) bond motifs is 1. The Morgan fingerprint density at radius 2 is 1.66 bits per heavy atom. The van der Waals surface area contributed by atoms with Crippen LogP contribution in [0.3, 0.4) is 0 Å². The molecule has 0 fully saturated rings. The molecule has 0 aliphatic carbocycles. The van der Waals surface area contributed by atoms with Crippen LogP contribution in [0, 0.1) is 0 Å². The molecular weight excluding hydrogens is 573 g/mol. The topological polar surface area (TPSA) is 116 Å². The number of carbonyl (C=O) groups is 2. The summed E-state index contributed by atoms with van der Waals surface area (Å²) in [6.07, 6.45) is 0. The van der Waals surface area contributed by atoms with Crippen LogP contribution < -0.4 is 14.3 Å². The fourth-order valence-electron chi connectivity index (χ4n) is 3.48. The predicted octanol–water partition coefficient (Wildman–Crippen LogP) is 5.12. The summed E-state index contributed by atoms with van der Waals surface area (Å²) in [4.78, 5) is 29.7. The zero-order valence-electron chi connectivity index (χ0n) is 20.1. The summed E-state index contributed by atoms with van der Waals surface area (Å²) in [5.41, 5.74) is 0.928. The van der Waals surface area contributed by atoms with Crippen molar-refractivity contribution < 1.29 is 27.5 Å². The first-order chi connectivity index (χ1) is 18.1. The second kappa shape index (κ2) is 11.6. The maximum Gasteiger partial charge on any atom is 0.326 e.